The zero-order valence-electron chi connectivity index (χ0n) is 9.76. The van der Waals surface area contributed by atoms with Crippen molar-refractivity contribution in [1.82, 2.24) is 10.4 Å². The zero-order valence-corrected chi connectivity index (χ0v) is 10.6. The number of aromatic nitrogens is 1. The lowest BCUT2D eigenvalue weighted by molar-refractivity contribution is -0.135. The molecule has 9 heteroatoms. The van der Waals surface area contributed by atoms with E-state index in [1.807, 2.05) is 0 Å². The summed E-state index contributed by atoms with van der Waals surface area (Å²) in [7, 11) is 0. The van der Waals surface area contributed by atoms with Crippen LogP contribution >= 0.6 is 11.3 Å². The Labute approximate surface area is 107 Å². The highest BCUT2D eigenvalue weighted by Crippen LogP contribution is 2.15. The van der Waals surface area contributed by atoms with Crippen molar-refractivity contribution in [2.45, 2.75) is 13.8 Å². The van der Waals surface area contributed by atoms with Crippen molar-refractivity contribution >= 4 is 34.1 Å². The van der Waals surface area contributed by atoms with E-state index in [-0.39, 0.29) is 23.9 Å². The van der Waals surface area contributed by atoms with E-state index in [1.165, 1.54) is 12.3 Å². The quantitative estimate of drug-likeness (QED) is 0.308. The molecule has 1 rings (SSSR count). The van der Waals surface area contributed by atoms with Gasteiger partial charge in [-0.15, -0.1) is 11.3 Å². The van der Waals surface area contributed by atoms with Crippen LogP contribution < -0.4 is 10.9 Å². The highest BCUT2D eigenvalue weighted by molar-refractivity contribution is 7.14. The molecule has 0 atom stereocenters. The van der Waals surface area contributed by atoms with Crippen molar-refractivity contribution in [2.75, 3.05) is 12.0 Å². The molecule has 0 saturated carbocycles. The maximum absolute atomic E-state index is 11.4. The van der Waals surface area contributed by atoms with Gasteiger partial charge < -0.3 is 9.94 Å². The summed E-state index contributed by atoms with van der Waals surface area (Å²) < 4.78 is 4.70. The molecule has 0 aliphatic carbocycles. The molecule has 1 amide bonds. The maximum Gasteiger partial charge on any atom is 0.362 e. The van der Waals surface area contributed by atoms with Crippen LogP contribution in [0.15, 0.2) is 10.5 Å². The summed E-state index contributed by atoms with van der Waals surface area (Å²) in [6, 6.07) is 0. The zero-order chi connectivity index (χ0) is 13.5. The lowest BCUT2D eigenvalue weighted by Gasteiger charge is -2.02. The van der Waals surface area contributed by atoms with Crippen LogP contribution in [0.1, 0.15) is 19.5 Å². The van der Waals surface area contributed by atoms with E-state index in [0.717, 1.165) is 11.3 Å². The van der Waals surface area contributed by atoms with Gasteiger partial charge in [0.2, 0.25) is 16.8 Å². The van der Waals surface area contributed by atoms with Gasteiger partial charge >= 0.3 is 5.97 Å². The van der Waals surface area contributed by atoms with Crippen LogP contribution in [0.25, 0.3) is 0 Å². The molecule has 0 unspecified atom stereocenters. The Morgan fingerprint density at radius 1 is 1.61 bits per heavy atom. The molecule has 3 N–H and O–H groups in total. The summed E-state index contributed by atoms with van der Waals surface area (Å²) in [6.07, 6.45) is 0. The third kappa shape index (κ3) is 3.70. The maximum atomic E-state index is 11.4. The van der Waals surface area contributed by atoms with Crippen molar-refractivity contribution in [1.29, 1.82) is 0 Å². The summed E-state index contributed by atoms with van der Waals surface area (Å²) in [6.45, 7) is 3.14. The molecule has 1 heterocycles. The van der Waals surface area contributed by atoms with Crippen molar-refractivity contribution in [3.8, 4) is 0 Å². The first-order chi connectivity index (χ1) is 8.58. The molecule has 98 valence electrons. The number of thiazole rings is 1. The summed E-state index contributed by atoms with van der Waals surface area (Å²) in [5, 5.41) is 13.5. The number of nitrogens with one attached hydrogen (secondary N) is 2. The van der Waals surface area contributed by atoms with E-state index in [4.69, 9.17) is 9.94 Å². The van der Waals surface area contributed by atoms with Gasteiger partial charge in [-0.3, -0.25) is 15.6 Å². The summed E-state index contributed by atoms with van der Waals surface area (Å²) in [4.78, 5) is 26.0. The molecular formula is C9H12N4O4S. The third-order valence-electron chi connectivity index (χ3n) is 1.66. The minimum absolute atomic E-state index is 0.161. The lowest BCUT2D eigenvalue weighted by atomic mass is 10.3. The minimum atomic E-state index is -0.767. The predicted octanol–water partition coefficient (Wildman–Crippen LogP) is 0.347. The summed E-state index contributed by atoms with van der Waals surface area (Å²) >= 11 is 1.13. The van der Waals surface area contributed by atoms with Gasteiger partial charge in [0.05, 0.1) is 6.61 Å². The predicted molar refractivity (Wildman–Crippen MR) is 64.5 cm³/mol. The van der Waals surface area contributed by atoms with Crippen molar-refractivity contribution in [3.63, 3.8) is 0 Å². The fourth-order valence-corrected chi connectivity index (χ4v) is 1.63. The standard InChI is InChI=1S/C9H12N4O4S/c1-3-17-8(15)7(13-16)6-4-18-9(10-6)12-11-5(2)14/h4,16H,3H2,1-2H3,(H,10,12)(H,11,14)/b13-7-. The van der Waals surface area contributed by atoms with Crippen molar-refractivity contribution < 1.29 is 19.5 Å². The molecular weight excluding hydrogens is 260 g/mol. The number of hydrazine groups is 1. The average Bonchev–Trinajstić information content (AvgIpc) is 2.76. The van der Waals surface area contributed by atoms with Crippen molar-refractivity contribution in [2.24, 2.45) is 5.16 Å². The fraction of sp³-hybridized carbons (Fsp3) is 0.333. The highest BCUT2D eigenvalue weighted by Gasteiger charge is 2.19. The number of rotatable bonds is 5. The largest absolute Gasteiger partial charge is 0.461 e. The number of amides is 1. The Kier molecular flexibility index (Phi) is 5.06. The molecule has 0 saturated heterocycles. The molecule has 0 bridgehead atoms. The number of anilines is 1. The molecule has 0 aliphatic heterocycles. The number of carbonyl (C=O) groups is 2. The Morgan fingerprint density at radius 2 is 2.33 bits per heavy atom. The van der Waals surface area contributed by atoms with E-state index in [9.17, 15) is 9.59 Å². The van der Waals surface area contributed by atoms with Gasteiger partial charge in [0.15, 0.2) is 0 Å². The molecule has 0 spiro atoms. The van der Waals surface area contributed by atoms with E-state index < -0.39 is 5.97 Å². The van der Waals surface area contributed by atoms with Gasteiger partial charge in [-0.05, 0) is 6.92 Å². The SMILES string of the molecule is CCOC(=O)/C(=N\O)c1csc(NNC(C)=O)n1. The van der Waals surface area contributed by atoms with E-state index in [2.05, 4.69) is 21.0 Å². The van der Waals surface area contributed by atoms with Gasteiger partial charge in [0, 0.05) is 12.3 Å². The first-order valence-corrected chi connectivity index (χ1v) is 5.84. The van der Waals surface area contributed by atoms with Crippen LogP contribution in [0, 0.1) is 0 Å². The van der Waals surface area contributed by atoms with Crippen LogP contribution in [-0.4, -0.2) is 34.4 Å². The van der Waals surface area contributed by atoms with Gasteiger partial charge in [-0.1, -0.05) is 5.16 Å². The van der Waals surface area contributed by atoms with Gasteiger partial charge in [-0.25, -0.2) is 9.78 Å². The second-order valence-electron chi connectivity index (χ2n) is 3.01. The van der Waals surface area contributed by atoms with E-state index >= 15 is 0 Å². The topological polar surface area (TPSA) is 113 Å². The van der Waals surface area contributed by atoms with Crippen LogP contribution in [0.3, 0.4) is 0 Å². The van der Waals surface area contributed by atoms with Crippen molar-refractivity contribution in [3.05, 3.63) is 11.1 Å². The normalized spacial score (nSPS) is 10.9. The molecule has 18 heavy (non-hydrogen) atoms. The Morgan fingerprint density at radius 3 is 2.89 bits per heavy atom. The number of hydrogen-bond donors (Lipinski definition) is 3. The van der Waals surface area contributed by atoms with E-state index in [1.54, 1.807) is 6.92 Å². The van der Waals surface area contributed by atoms with Crippen LogP contribution in [0.4, 0.5) is 5.13 Å². The van der Waals surface area contributed by atoms with Gasteiger partial charge in [0.25, 0.3) is 0 Å². The molecule has 1 aromatic rings. The van der Waals surface area contributed by atoms with E-state index in [0.29, 0.717) is 5.13 Å². The fourth-order valence-electron chi connectivity index (χ4n) is 0.977. The number of oxime groups is 1. The molecule has 0 radical (unpaired) electrons. The van der Waals surface area contributed by atoms with Crippen LogP contribution in [-0.2, 0) is 14.3 Å². The van der Waals surface area contributed by atoms with Gasteiger partial charge in [-0.2, -0.15) is 0 Å². The number of hydrogen-bond acceptors (Lipinski definition) is 8. The lowest BCUT2D eigenvalue weighted by Crippen LogP contribution is -2.26. The smallest absolute Gasteiger partial charge is 0.362 e. The number of ether oxygens (including phenoxy) is 1. The molecule has 0 fully saturated rings. The first-order valence-electron chi connectivity index (χ1n) is 4.96. The Hall–Kier alpha value is -2.16. The monoisotopic (exact) mass is 272 g/mol. The molecule has 1 aromatic heterocycles. The summed E-state index contributed by atoms with van der Waals surface area (Å²) in [5.74, 6) is -1.05. The molecule has 8 nitrogen and oxygen atoms in total. The molecule has 0 aliphatic rings. The minimum Gasteiger partial charge on any atom is -0.461 e. The number of carbonyl (C=O) groups excluding carboxylic acids is 2. The van der Waals surface area contributed by atoms with Crippen LogP contribution in [0.2, 0.25) is 0 Å². The molecule has 0 aromatic carbocycles. The number of nitrogens with zero attached hydrogens (tertiary/aromatic N) is 2. The van der Waals surface area contributed by atoms with Gasteiger partial charge in [0.1, 0.15) is 5.69 Å². The Balaban J connectivity index is 2.77. The second-order valence-corrected chi connectivity index (χ2v) is 3.87. The first kappa shape index (κ1) is 13.9. The average molecular weight is 272 g/mol. The summed E-state index contributed by atoms with van der Waals surface area (Å²) in [5.41, 5.74) is 4.73. The highest BCUT2D eigenvalue weighted by atomic mass is 32.1. The van der Waals surface area contributed by atoms with Crippen LogP contribution in [0.5, 0.6) is 0 Å². The third-order valence-corrected chi connectivity index (χ3v) is 2.42. The number of esters is 1. The Bertz CT molecular complexity index is 471. The second kappa shape index (κ2) is 6.55.